The molecule has 1 unspecified atom stereocenters. The maximum absolute atomic E-state index is 10.1. The number of pyridine rings is 1. The van der Waals surface area contributed by atoms with Crippen LogP contribution in [0.15, 0.2) is 29.9 Å². The van der Waals surface area contributed by atoms with Gasteiger partial charge in [0.15, 0.2) is 0 Å². The zero-order chi connectivity index (χ0) is 13.2. The van der Waals surface area contributed by atoms with Crippen LogP contribution in [-0.4, -0.2) is 15.1 Å². The van der Waals surface area contributed by atoms with Crippen molar-refractivity contribution in [2.75, 3.05) is 0 Å². The van der Waals surface area contributed by atoms with Gasteiger partial charge in [0.25, 0.3) is 0 Å². The summed E-state index contributed by atoms with van der Waals surface area (Å²) in [7, 11) is 0. The molecule has 0 saturated heterocycles. The number of aliphatic hydroxyl groups is 1. The summed E-state index contributed by atoms with van der Waals surface area (Å²) in [6.45, 7) is 6.43. The Balaban J connectivity index is 2.08. The van der Waals surface area contributed by atoms with Crippen molar-refractivity contribution >= 4 is 11.3 Å². The van der Waals surface area contributed by atoms with E-state index in [-0.39, 0.29) is 5.41 Å². The molecule has 0 spiro atoms. The van der Waals surface area contributed by atoms with Crippen molar-refractivity contribution in [2.45, 2.75) is 38.7 Å². The lowest BCUT2D eigenvalue weighted by atomic mass is 9.93. The van der Waals surface area contributed by atoms with E-state index < -0.39 is 6.10 Å². The van der Waals surface area contributed by atoms with Gasteiger partial charge in [0, 0.05) is 29.6 Å². The van der Waals surface area contributed by atoms with Crippen molar-refractivity contribution in [3.05, 3.63) is 46.2 Å². The van der Waals surface area contributed by atoms with E-state index in [0.29, 0.717) is 6.42 Å². The lowest BCUT2D eigenvalue weighted by molar-refractivity contribution is 0.178. The number of hydrogen-bond acceptors (Lipinski definition) is 4. The first-order chi connectivity index (χ1) is 8.47. The summed E-state index contributed by atoms with van der Waals surface area (Å²) in [6.07, 6.45) is 3.44. The number of thiazole rings is 1. The zero-order valence-corrected chi connectivity index (χ0v) is 11.7. The summed E-state index contributed by atoms with van der Waals surface area (Å²) in [5, 5.41) is 13.2. The second-order valence-corrected chi connectivity index (χ2v) is 6.32. The third kappa shape index (κ3) is 3.15. The van der Waals surface area contributed by atoms with Crippen LogP contribution in [0.5, 0.6) is 0 Å². The Kier molecular flexibility index (Phi) is 3.78. The highest BCUT2D eigenvalue weighted by atomic mass is 32.1. The minimum absolute atomic E-state index is 0.0658. The molecule has 0 aliphatic rings. The molecule has 0 bridgehead atoms. The fourth-order valence-corrected chi connectivity index (χ4v) is 2.68. The van der Waals surface area contributed by atoms with Gasteiger partial charge in [0.1, 0.15) is 0 Å². The molecule has 0 saturated carbocycles. The largest absolute Gasteiger partial charge is 0.388 e. The van der Waals surface area contributed by atoms with Crippen LogP contribution < -0.4 is 0 Å². The Morgan fingerprint density at radius 3 is 2.50 bits per heavy atom. The van der Waals surface area contributed by atoms with E-state index in [1.54, 1.807) is 23.7 Å². The Morgan fingerprint density at radius 2 is 1.94 bits per heavy atom. The molecule has 0 radical (unpaired) electrons. The highest BCUT2D eigenvalue weighted by molar-refractivity contribution is 7.09. The molecular weight excluding hydrogens is 244 g/mol. The summed E-state index contributed by atoms with van der Waals surface area (Å²) in [4.78, 5) is 8.54. The molecule has 2 rings (SSSR count). The van der Waals surface area contributed by atoms with Crippen LogP contribution in [0, 0.1) is 0 Å². The SMILES string of the molecule is CC(C)(C)c1csc(CC(O)c2ccncc2)n1. The van der Waals surface area contributed by atoms with Crippen molar-refractivity contribution in [3.8, 4) is 0 Å². The summed E-state index contributed by atoms with van der Waals surface area (Å²) in [5.41, 5.74) is 2.04. The monoisotopic (exact) mass is 262 g/mol. The molecule has 4 heteroatoms. The van der Waals surface area contributed by atoms with E-state index in [2.05, 4.69) is 36.1 Å². The molecule has 0 amide bonds. The van der Waals surface area contributed by atoms with Crippen molar-refractivity contribution < 1.29 is 5.11 Å². The molecule has 2 aromatic heterocycles. The van der Waals surface area contributed by atoms with Gasteiger partial charge in [-0.2, -0.15) is 0 Å². The highest BCUT2D eigenvalue weighted by Crippen LogP contribution is 2.26. The molecule has 0 aromatic carbocycles. The van der Waals surface area contributed by atoms with Gasteiger partial charge >= 0.3 is 0 Å². The first kappa shape index (κ1) is 13.2. The Labute approximate surface area is 112 Å². The molecular formula is C14H18N2OS. The second kappa shape index (κ2) is 5.16. The smallest absolute Gasteiger partial charge is 0.0957 e. The van der Waals surface area contributed by atoms with E-state index >= 15 is 0 Å². The molecule has 0 aliphatic carbocycles. The quantitative estimate of drug-likeness (QED) is 0.924. The maximum atomic E-state index is 10.1. The van der Waals surface area contributed by atoms with E-state index in [4.69, 9.17) is 0 Å². The van der Waals surface area contributed by atoms with Gasteiger partial charge in [-0.05, 0) is 17.7 Å². The van der Waals surface area contributed by atoms with E-state index in [9.17, 15) is 5.11 Å². The van der Waals surface area contributed by atoms with Crippen molar-refractivity contribution in [3.63, 3.8) is 0 Å². The van der Waals surface area contributed by atoms with Crippen molar-refractivity contribution in [1.82, 2.24) is 9.97 Å². The average molecular weight is 262 g/mol. The maximum Gasteiger partial charge on any atom is 0.0957 e. The van der Waals surface area contributed by atoms with Gasteiger partial charge in [-0.1, -0.05) is 20.8 Å². The standard InChI is InChI=1S/C14H18N2OS/c1-14(2,3)12-9-18-13(16-12)8-11(17)10-4-6-15-7-5-10/h4-7,9,11,17H,8H2,1-3H3. The second-order valence-electron chi connectivity index (χ2n) is 5.38. The summed E-state index contributed by atoms with van der Waals surface area (Å²) in [5.74, 6) is 0. The molecule has 1 N–H and O–H groups in total. The minimum Gasteiger partial charge on any atom is -0.388 e. The fraction of sp³-hybridized carbons (Fsp3) is 0.429. The van der Waals surface area contributed by atoms with Gasteiger partial charge in [-0.3, -0.25) is 4.98 Å². The Hall–Kier alpha value is -1.26. The van der Waals surface area contributed by atoms with Gasteiger partial charge in [0.2, 0.25) is 0 Å². The predicted molar refractivity (Wildman–Crippen MR) is 73.7 cm³/mol. The number of hydrogen-bond donors (Lipinski definition) is 1. The molecule has 0 aliphatic heterocycles. The number of rotatable bonds is 3. The third-order valence-electron chi connectivity index (χ3n) is 2.78. The number of aliphatic hydroxyl groups excluding tert-OH is 1. The van der Waals surface area contributed by atoms with Crippen LogP contribution in [0.4, 0.5) is 0 Å². The molecule has 2 heterocycles. The molecule has 3 nitrogen and oxygen atoms in total. The summed E-state index contributed by atoms with van der Waals surface area (Å²) in [6, 6.07) is 3.67. The zero-order valence-electron chi connectivity index (χ0n) is 10.9. The highest BCUT2D eigenvalue weighted by Gasteiger charge is 2.18. The first-order valence-electron chi connectivity index (χ1n) is 5.99. The van der Waals surface area contributed by atoms with Gasteiger partial charge < -0.3 is 5.11 Å². The Bertz CT molecular complexity index is 502. The molecule has 0 fully saturated rings. The summed E-state index contributed by atoms with van der Waals surface area (Å²) < 4.78 is 0. The molecule has 18 heavy (non-hydrogen) atoms. The third-order valence-corrected chi connectivity index (χ3v) is 3.65. The molecule has 96 valence electrons. The van der Waals surface area contributed by atoms with E-state index in [1.165, 1.54) is 0 Å². The predicted octanol–water partition coefficient (Wildman–Crippen LogP) is 3.11. The lowest BCUT2D eigenvalue weighted by Gasteiger charge is -2.14. The van der Waals surface area contributed by atoms with Crippen molar-refractivity contribution in [1.29, 1.82) is 0 Å². The first-order valence-corrected chi connectivity index (χ1v) is 6.87. The number of nitrogens with zero attached hydrogens (tertiary/aromatic N) is 2. The van der Waals surface area contributed by atoms with Crippen LogP contribution in [0.25, 0.3) is 0 Å². The Morgan fingerprint density at radius 1 is 1.28 bits per heavy atom. The van der Waals surface area contributed by atoms with Crippen LogP contribution in [-0.2, 0) is 11.8 Å². The molecule has 1 atom stereocenters. The van der Waals surface area contributed by atoms with Crippen LogP contribution >= 0.6 is 11.3 Å². The van der Waals surface area contributed by atoms with Crippen molar-refractivity contribution in [2.24, 2.45) is 0 Å². The minimum atomic E-state index is -0.507. The molecule has 2 aromatic rings. The topological polar surface area (TPSA) is 46.0 Å². The van der Waals surface area contributed by atoms with Crippen LogP contribution in [0.3, 0.4) is 0 Å². The average Bonchev–Trinajstić information content (AvgIpc) is 2.78. The van der Waals surface area contributed by atoms with E-state index in [1.807, 2.05) is 12.1 Å². The van der Waals surface area contributed by atoms with Crippen LogP contribution in [0.2, 0.25) is 0 Å². The number of aromatic nitrogens is 2. The lowest BCUT2D eigenvalue weighted by Crippen LogP contribution is -2.12. The van der Waals surface area contributed by atoms with Gasteiger partial charge in [-0.25, -0.2) is 4.98 Å². The fourth-order valence-electron chi connectivity index (χ4n) is 1.62. The van der Waals surface area contributed by atoms with E-state index in [0.717, 1.165) is 16.3 Å². The van der Waals surface area contributed by atoms with Gasteiger partial charge in [-0.15, -0.1) is 11.3 Å². The normalized spacial score (nSPS) is 13.6. The van der Waals surface area contributed by atoms with Crippen LogP contribution in [0.1, 0.15) is 43.1 Å². The summed E-state index contributed by atoms with van der Waals surface area (Å²) >= 11 is 1.61. The van der Waals surface area contributed by atoms with Gasteiger partial charge in [0.05, 0.1) is 16.8 Å².